The number of benzene rings is 1. The molecule has 2 atom stereocenters. The predicted molar refractivity (Wildman–Crippen MR) is 95.1 cm³/mol. The van der Waals surface area contributed by atoms with Gasteiger partial charge >= 0.3 is 0 Å². The van der Waals surface area contributed by atoms with Crippen LogP contribution >= 0.6 is 11.3 Å². The lowest BCUT2D eigenvalue weighted by molar-refractivity contribution is -0.126. The first-order valence-electron chi connectivity index (χ1n) is 8.36. The average Bonchev–Trinajstić information content (AvgIpc) is 3.30. The summed E-state index contributed by atoms with van der Waals surface area (Å²) in [4.78, 5) is 17.3. The van der Waals surface area contributed by atoms with Crippen LogP contribution in [0, 0.1) is 12.8 Å². The van der Waals surface area contributed by atoms with Gasteiger partial charge in [-0.05, 0) is 18.9 Å². The zero-order valence-electron chi connectivity index (χ0n) is 13.9. The molecule has 0 unspecified atom stereocenters. The predicted octanol–water partition coefficient (Wildman–Crippen LogP) is 2.51. The van der Waals surface area contributed by atoms with E-state index in [-0.39, 0.29) is 17.9 Å². The van der Waals surface area contributed by atoms with Crippen LogP contribution in [0.25, 0.3) is 0 Å². The number of aromatic nitrogens is 4. The van der Waals surface area contributed by atoms with E-state index < -0.39 is 0 Å². The molecule has 3 heterocycles. The van der Waals surface area contributed by atoms with Crippen LogP contribution in [0.1, 0.15) is 34.7 Å². The SMILES string of the molecule is Cc1nnc2n1C[C@@H](C(=O)N[C@H](c1ccccc1)c1nccs1)CC2. The van der Waals surface area contributed by atoms with Gasteiger partial charge in [-0.2, -0.15) is 0 Å². The van der Waals surface area contributed by atoms with Gasteiger partial charge in [0.05, 0.1) is 5.92 Å². The minimum Gasteiger partial charge on any atom is -0.342 e. The fourth-order valence-electron chi connectivity index (χ4n) is 3.25. The van der Waals surface area contributed by atoms with Crippen molar-refractivity contribution >= 4 is 17.2 Å². The first-order chi connectivity index (χ1) is 12.2. The maximum absolute atomic E-state index is 12.9. The van der Waals surface area contributed by atoms with Crippen LogP contribution in [0.2, 0.25) is 0 Å². The Labute approximate surface area is 149 Å². The van der Waals surface area contributed by atoms with Crippen molar-refractivity contribution in [3.05, 3.63) is 64.1 Å². The van der Waals surface area contributed by atoms with Gasteiger partial charge < -0.3 is 9.88 Å². The molecule has 0 saturated heterocycles. The summed E-state index contributed by atoms with van der Waals surface area (Å²) in [5.74, 6) is 1.82. The van der Waals surface area contributed by atoms with Gasteiger partial charge in [0.15, 0.2) is 0 Å². The monoisotopic (exact) mass is 353 g/mol. The zero-order valence-corrected chi connectivity index (χ0v) is 14.7. The second-order valence-corrected chi connectivity index (χ2v) is 7.16. The van der Waals surface area contributed by atoms with Crippen LogP contribution in [-0.4, -0.2) is 25.7 Å². The minimum absolute atomic E-state index is 0.0582. The van der Waals surface area contributed by atoms with Gasteiger partial charge in [0.1, 0.15) is 22.7 Å². The molecule has 128 valence electrons. The number of rotatable bonds is 4. The van der Waals surface area contributed by atoms with Crippen LogP contribution in [0.5, 0.6) is 0 Å². The Morgan fingerprint density at radius 1 is 1.32 bits per heavy atom. The Balaban J connectivity index is 1.55. The largest absolute Gasteiger partial charge is 0.342 e. The van der Waals surface area contributed by atoms with Crippen LogP contribution in [-0.2, 0) is 17.8 Å². The number of nitrogens with one attached hydrogen (secondary N) is 1. The summed E-state index contributed by atoms with van der Waals surface area (Å²) < 4.78 is 2.05. The van der Waals surface area contributed by atoms with Crippen molar-refractivity contribution in [2.75, 3.05) is 0 Å². The number of carbonyl (C=O) groups is 1. The Morgan fingerprint density at radius 3 is 2.92 bits per heavy atom. The molecule has 1 N–H and O–H groups in total. The van der Waals surface area contributed by atoms with E-state index in [1.807, 2.05) is 42.6 Å². The minimum atomic E-state index is -0.211. The van der Waals surface area contributed by atoms with Gasteiger partial charge in [0, 0.05) is 24.5 Å². The molecule has 1 aromatic carbocycles. The Kier molecular flexibility index (Phi) is 4.31. The molecule has 2 aromatic heterocycles. The molecule has 0 saturated carbocycles. The van der Waals surface area contributed by atoms with Crippen molar-refractivity contribution < 1.29 is 4.79 Å². The molecule has 0 aliphatic carbocycles. The molecule has 6 nitrogen and oxygen atoms in total. The lowest BCUT2D eigenvalue weighted by Gasteiger charge is -2.25. The number of hydrogen-bond donors (Lipinski definition) is 1. The molecule has 1 amide bonds. The Hall–Kier alpha value is -2.54. The fourth-order valence-corrected chi connectivity index (χ4v) is 3.96. The van der Waals surface area contributed by atoms with Gasteiger partial charge in [0.25, 0.3) is 0 Å². The quantitative estimate of drug-likeness (QED) is 0.782. The highest BCUT2D eigenvalue weighted by Gasteiger charge is 2.29. The molecule has 7 heteroatoms. The first kappa shape index (κ1) is 16.0. The Bertz CT molecular complexity index is 859. The van der Waals surface area contributed by atoms with Crippen molar-refractivity contribution in [3.8, 4) is 0 Å². The number of fused-ring (bicyclic) bond motifs is 1. The van der Waals surface area contributed by atoms with E-state index in [9.17, 15) is 4.79 Å². The normalized spacial score (nSPS) is 17.7. The molecule has 1 aliphatic rings. The van der Waals surface area contributed by atoms with E-state index in [0.29, 0.717) is 6.54 Å². The highest BCUT2D eigenvalue weighted by molar-refractivity contribution is 7.09. The summed E-state index contributed by atoms with van der Waals surface area (Å²) in [6.07, 6.45) is 3.35. The van der Waals surface area contributed by atoms with Crippen molar-refractivity contribution in [3.63, 3.8) is 0 Å². The molecule has 4 rings (SSSR count). The molecule has 0 fully saturated rings. The van der Waals surface area contributed by atoms with Gasteiger partial charge in [-0.25, -0.2) is 4.98 Å². The van der Waals surface area contributed by atoms with Crippen molar-refractivity contribution in [2.45, 2.75) is 32.4 Å². The summed E-state index contributed by atoms with van der Waals surface area (Å²) in [6, 6.07) is 9.77. The van der Waals surface area contributed by atoms with Crippen LogP contribution < -0.4 is 5.32 Å². The number of aryl methyl sites for hydroxylation is 2. The van der Waals surface area contributed by atoms with E-state index in [2.05, 4.69) is 25.1 Å². The molecule has 0 bridgehead atoms. The van der Waals surface area contributed by atoms with E-state index in [1.165, 1.54) is 0 Å². The number of amides is 1. The third-order valence-corrected chi connectivity index (χ3v) is 5.46. The third-order valence-electron chi connectivity index (χ3n) is 4.62. The highest BCUT2D eigenvalue weighted by Crippen LogP contribution is 2.26. The fraction of sp³-hybridized carbons (Fsp3) is 0.333. The standard InChI is InChI=1S/C18H19N5OS/c1-12-21-22-15-8-7-14(11-23(12)15)17(24)20-16(18-19-9-10-25-18)13-5-3-2-4-6-13/h2-6,9-10,14,16H,7-8,11H2,1H3,(H,20,24)/t14-,16+/m0/s1. The number of thiazole rings is 1. The van der Waals surface area contributed by atoms with Gasteiger partial charge in [-0.15, -0.1) is 21.5 Å². The molecular formula is C18H19N5OS. The van der Waals surface area contributed by atoms with Gasteiger partial charge in [0.2, 0.25) is 5.91 Å². The third kappa shape index (κ3) is 3.19. The van der Waals surface area contributed by atoms with E-state index in [4.69, 9.17) is 0 Å². The Morgan fingerprint density at radius 2 is 2.16 bits per heavy atom. The number of nitrogens with zero attached hydrogens (tertiary/aromatic N) is 4. The smallest absolute Gasteiger partial charge is 0.225 e. The van der Waals surface area contributed by atoms with Crippen molar-refractivity contribution in [1.82, 2.24) is 25.1 Å². The maximum atomic E-state index is 12.9. The maximum Gasteiger partial charge on any atom is 0.225 e. The summed E-state index contributed by atoms with van der Waals surface area (Å²) in [5, 5.41) is 14.3. The topological polar surface area (TPSA) is 72.7 Å². The van der Waals surface area contributed by atoms with Crippen LogP contribution in [0.3, 0.4) is 0 Å². The molecule has 25 heavy (non-hydrogen) atoms. The second-order valence-electron chi connectivity index (χ2n) is 6.23. The molecule has 3 aromatic rings. The summed E-state index contributed by atoms with van der Waals surface area (Å²) >= 11 is 1.56. The second kappa shape index (κ2) is 6.76. The highest BCUT2D eigenvalue weighted by atomic mass is 32.1. The lowest BCUT2D eigenvalue weighted by Crippen LogP contribution is -2.38. The van der Waals surface area contributed by atoms with Gasteiger partial charge in [-0.3, -0.25) is 4.79 Å². The molecule has 1 aliphatic heterocycles. The molecule has 0 radical (unpaired) electrons. The molecule has 0 spiro atoms. The van der Waals surface area contributed by atoms with Gasteiger partial charge in [-0.1, -0.05) is 30.3 Å². The van der Waals surface area contributed by atoms with E-state index >= 15 is 0 Å². The van der Waals surface area contributed by atoms with E-state index in [0.717, 1.165) is 35.1 Å². The summed E-state index contributed by atoms with van der Waals surface area (Å²) in [6.45, 7) is 2.57. The van der Waals surface area contributed by atoms with E-state index in [1.54, 1.807) is 17.5 Å². The van der Waals surface area contributed by atoms with Crippen LogP contribution in [0.15, 0.2) is 41.9 Å². The zero-order chi connectivity index (χ0) is 17.2. The molecular weight excluding hydrogens is 334 g/mol. The summed E-state index contributed by atoms with van der Waals surface area (Å²) in [7, 11) is 0. The summed E-state index contributed by atoms with van der Waals surface area (Å²) in [5.41, 5.74) is 1.04. The van der Waals surface area contributed by atoms with Crippen molar-refractivity contribution in [1.29, 1.82) is 0 Å². The van der Waals surface area contributed by atoms with Crippen LogP contribution in [0.4, 0.5) is 0 Å². The average molecular weight is 353 g/mol. The van der Waals surface area contributed by atoms with Crippen molar-refractivity contribution in [2.24, 2.45) is 5.92 Å². The lowest BCUT2D eigenvalue weighted by atomic mass is 9.97. The number of carbonyl (C=O) groups excluding carboxylic acids is 1. The first-order valence-corrected chi connectivity index (χ1v) is 9.23. The number of hydrogen-bond acceptors (Lipinski definition) is 5.